The Morgan fingerprint density at radius 2 is 1.93 bits per heavy atom. The molecule has 5 heteroatoms. The standard InChI is InChI=1S/C10H20F3NO/c1-3-14-9(8-15-4-2)6-5-7-10(11,12)13/h9,14H,3-8H2,1-2H3. The maximum Gasteiger partial charge on any atom is 0.389 e. The summed E-state index contributed by atoms with van der Waals surface area (Å²) in [6.45, 7) is 5.65. The third-order valence-corrected chi connectivity index (χ3v) is 2.03. The number of likely N-dealkylation sites (N-methyl/N-ethyl adjacent to an activating group) is 1. The Bertz CT molecular complexity index is 150. The first-order valence-corrected chi connectivity index (χ1v) is 5.37. The lowest BCUT2D eigenvalue weighted by Gasteiger charge is -2.17. The molecule has 0 rings (SSSR count). The van der Waals surface area contributed by atoms with Gasteiger partial charge in [-0.2, -0.15) is 13.2 Å². The molecule has 0 fully saturated rings. The van der Waals surface area contributed by atoms with E-state index in [0.29, 0.717) is 19.6 Å². The zero-order valence-corrected chi connectivity index (χ0v) is 9.36. The van der Waals surface area contributed by atoms with Crippen molar-refractivity contribution in [3.63, 3.8) is 0 Å². The Morgan fingerprint density at radius 3 is 2.40 bits per heavy atom. The molecule has 0 aromatic carbocycles. The van der Waals surface area contributed by atoms with E-state index in [-0.39, 0.29) is 12.5 Å². The van der Waals surface area contributed by atoms with Crippen LogP contribution in [0.1, 0.15) is 33.1 Å². The predicted octanol–water partition coefficient (Wildman–Crippen LogP) is 2.73. The average molecular weight is 227 g/mol. The van der Waals surface area contributed by atoms with Gasteiger partial charge in [-0.1, -0.05) is 6.92 Å². The molecular weight excluding hydrogens is 207 g/mol. The van der Waals surface area contributed by atoms with Gasteiger partial charge in [-0.15, -0.1) is 0 Å². The molecule has 0 radical (unpaired) electrons. The number of rotatable bonds is 8. The van der Waals surface area contributed by atoms with Gasteiger partial charge in [0, 0.05) is 19.1 Å². The van der Waals surface area contributed by atoms with E-state index >= 15 is 0 Å². The van der Waals surface area contributed by atoms with E-state index in [1.54, 1.807) is 0 Å². The molecule has 0 aliphatic rings. The normalized spacial score (nSPS) is 14.2. The van der Waals surface area contributed by atoms with E-state index in [4.69, 9.17) is 4.74 Å². The maximum absolute atomic E-state index is 11.9. The number of alkyl halides is 3. The maximum atomic E-state index is 11.9. The van der Waals surface area contributed by atoms with Crippen molar-refractivity contribution < 1.29 is 17.9 Å². The van der Waals surface area contributed by atoms with Crippen molar-refractivity contribution in [2.75, 3.05) is 19.8 Å². The molecule has 1 N–H and O–H groups in total. The van der Waals surface area contributed by atoms with Gasteiger partial charge in [-0.25, -0.2) is 0 Å². The lowest BCUT2D eigenvalue weighted by atomic mass is 10.1. The third-order valence-electron chi connectivity index (χ3n) is 2.03. The molecule has 2 nitrogen and oxygen atoms in total. The number of ether oxygens (including phenoxy) is 1. The Balaban J connectivity index is 3.65. The quantitative estimate of drug-likeness (QED) is 0.688. The molecule has 0 heterocycles. The van der Waals surface area contributed by atoms with Gasteiger partial charge in [0.15, 0.2) is 0 Å². The van der Waals surface area contributed by atoms with Crippen LogP contribution in [-0.2, 0) is 4.74 Å². The molecule has 15 heavy (non-hydrogen) atoms. The lowest BCUT2D eigenvalue weighted by Crippen LogP contribution is -2.33. The highest BCUT2D eigenvalue weighted by molar-refractivity contribution is 4.66. The Kier molecular flexibility index (Phi) is 7.78. The highest BCUT2D eigenvalue weighted by Crippen LogP contribution is 2.22. The van der Waals surface area contributed by atoms with E-state index in [9.17, 15) is 13.2 Å². The Morgan fingerprint density at radius 1 is 1.27 bits per heavy atom. The van der Waals surface area contributed by atoms with Crippen LogP contribution < -0.4 is 5.32 Å². The van der Waals surface area contributed by atoms with Gasteiger partial charge in [0.1, 0.15) is 0 Å². The van der Waals surface area contributed by atoms with Crippen LogP contribution in [0.3, 0.4) is 0 Å². The van der Waals surface area contributed by atoms with Crippen LogP contribution in [0.25, 0.3) is 0 Å². The molecule has 0 amide bonds. The molecule has 0 saturated heterocycles. The first-order valence-electron chi connectivity index (χ1n) is 5.37. The van der Waals surface area contributed by atoms with Crippen molar-refractivity contribution in [3.05, 3.63) is 0 Å². The minimum Gasteiger partial charge on any atom is -0.380 e. The summed E-state index contributed by atoms with van der Waals surface area (Å²) in [7, 11) is 0. The van der Waals surface area contributed by atoms with Gasteiger partial charge in [-0.3, -0.25) is 0 Å². The summed E-state index contributed by atoms with van der Waals surface area (Å²) in [4.78, 5) is 0. The number of nitrogens with one attached hydrogen (secondary N) is 1. The zero-order chi connectivity index (χ0) is 11.7. The van der Waals surface area contributed by atoms with Crippen LogP contribution >= 0.6 is 0 Å². The van der Waals surface area contributed by atoms with Gasteiger partial charge in [0.2, 0.25) is 0 Å². The SMILES string of the molecule is CCNC(CCCC(F)(F)F)COCC. The summed E-state index contributed by atoms with van der Waals surface area (Å²) in [6, 6.07) is 0.0392. The van der Waals surface area contributed by atoms with E-state index in [1.165, 1.54) is 0 Å². The van der Waals surface area contributed by atoms with Gasteiger partial charge >= 0.3 is 6.18 Å². The molecular formula is C10H20F3NO. The van der Waals surface area contributed by atoms with E-state index in [2.05, 4.69) is 5.32 Å². The number of hydrogen-bond acceptors (Lipinski definition) is 2. The second kappa shape index (κ2) is 7.93. The fourth-order valence-corrected chi connectivity index (χ4v) is 1.34. The van der Waals surface area contributed by atoms with Crippen LogP contribution in [0.5, 0.6) is 0 Å². The second-order valence-electron chi connectivity index (χ2n) is 3.42. The predicted molar refractivity (Wildman–Crippen MR) is 53.9 cm³/mol. The van der Waals surface area contributed by atoms with Crippen LogP contribution in [-0.4, -0.2) is 32.0 Å². The van der Waals surface area contributed by atoms with Gasteiger partial charge < -0.3 is 10.1 Å². The third kappa shape index (κ3) is 10.0. The fraction of sp³-hybridized carbons (Fsp3) is 1.00. The van der Waals surface area contributed by atoms with E-state index < -0.39 is 12.6 Å². The minimum atomic E-state index is -4.04. The highest BCUT2D eigenvalue weighted by Gasteiger charge is 2.26. The summed E-state index contributed by atoms with van der Waals surface area (Å²) in [6.07, 6.45) is -4.08. The molecule has 0 aliphatic heterocycles. The summed E-state index contributed by atoms with van der Waals surface area (Å²) < 4.78 is 40.9. The van der Waals surface area contributed by atoms with Crippen molar-refractivity contribution in [2.24, 2.45) is 0 Å². The van der Waals surface area contributed by atoms with Crippen LogP contribution in [0.2, 0.25) is 0 Å². The van der Waals surface area contributed by atoms with Crippen molar-refractivity contribution >= 4 is 0 Å². The van der Waals surface area contributed by atoms with Gasteiger partial charge in [0.05, 0.1) is 6.61 Å². The topological polar surface area (TPSA) is 21.3 Å². The van der Waals surface area contributed by atoms with Gasteiger partial charge in [0.25, 0.3) is 0 Å². The molecule has 0 saturated carbocycles. The molecule has 0 aliphatic carbocycles. The van der Waals surface area contributed by atoms with Crippen molar-refractivity contribution in [2.45, 2.75) is 45.3 Å². The molecule has 1 unspecified atom stereocenters. The smallest absolute Gasteiger partial charge is 0.380 e. The van der Waals surface area contributed by atoms with E-state index in [0.717, 1.165) is 6.54 Å². The molecule has 0 aromatic rings. The summed E-state index contributed by atoms with van der Waals surface area (Å²) in [5.41, 5.74) is 0. The monoisotopic (exact) mass is 227 g/mol. The average Bonchev–Trinajstić information content (AvgIpc) is 2.12. The minimum absolute atomic E-state index is 0.0392. The van der Waals surface area contributed by atoms with Crippen LogP contribution in [0.4, 0.5) is 13.2 Å². The van der Waals surface area contributed by atoms with Crippen LogP contribution in [0.15, 0.2) is 0 Å². The molecule has 0 bridgehead atoms. The van der Waals surface area contributed by atoms with Crippen molar-refractivity contribution in [1.29, 1.82) is 0 Å². The van der Waals surface area contributed by atoms with E-state index in [1.807, 2.05) is 13.8 Å². The first kappa shape index (κ1) is 14.7. The molecule has 1 atom stereocenters. The summed E-state index contributed by atoms with van der Waals surface area (Å²) >= 11 is 0. The summed E-state index contributed by atoms with van der Waals surface area (Å²) in [5, 5.41) is 3.11. The van der Waals surface area contributed by atoms with Crippen molar-refractivity contribution in [1.82, 2.24) is 5.32 Å². The van der Waals surface area contributed by atoms with Gasteiger partial charge in [-0.05, 0) is 26.3 Å². The second-order valence-corrected chi connectivity index (χ2v) is 3.42. The molecule has 92 valence electrons. The highest BCUT2D eigenvalue weighted by atomic mass is 19.4. The molecule has 0 aromatic heterocycles. The first-order chi connectivity index (χ1) is 6.99. The number of halogens is 3. The molecule has 0 spiro atoms. The summed E-state index contributed by atoms with van der Waals surface area (Å²) in [5.74, 6) is 0. The fourth-order valence-electron chi connectivity index (χ4n) is 1.34. The Hall–Kier alpha value is -0.290. The Labute approximate surface area is 89.2 Å². The lowest BCUT2D eigenvalue weighted by molar-refractivity contribution is -0.136. The van der Waals surface area contributed by atoms with Crippen LogP contribution in [0, 0.1) is 0 Å². The largest absolute Gasteiger partial charge is 0.389 e. The number of hydrogen-bond donors (Lipinski definition) is 1. The van der Waals surface area contributed by atoms with Crippen molar-refractivity contribution in [3.8, 4) is 0 Å². The zero-order valence-electron chi connectivity index (χ0n) is 9.36.